The molecule has 0 aliphatic carbocycles. The SMILES string of the molecule is Cc1ccc(SC(C)C(=O)c2ccc(F)cc2F)nc1. The second-order valence-corrected chi connectivity index (χ2v) is 5.78. The second kappa shape index (κ2) is 6.13. The van der Waals surface area contributed by atoms with Gasteiger partial charge in [-0.05, 0) is 37.6 Å². The number of ketones is 1. The number of Topliss-reactive ketones (excluding diaryl/α,β-unsaturated/α-hetero) is 1. The van der Waals surface area contributed by atoms with Crippen LogP contribution in [0.2, 0.25) is 0 Å². The number of rotatable bonds is 4. The molecule has 20 heavy (non-hydrogen) atoms. The van der Waals surface area contributed by atoms with Gasteiger partial charge in [0.25, 0.3) is 0 Å². The number of thioether (sulfide) groups is 1. The van der Waals surface area contributed by atoms with Gasteiger partial charge in [0.05, 0.1) is 15.8 Å². The summed E-state index contributed by atoms with van der Waals surface area (Å²) < 4.78 is 26.4. The molecule has 0 amide bonds. The lowest BCUT2D eigenvalue weighted by Gasteiger charge is -2.10. The predicted octanol–water partition coefficient (Wildman–Crippen LogP) is 4.03. The molecular formula is C15H13F2NOS. The number of hydrogen-bond acceptors (Lipinski definition) is 3. The third-order valence-electron chi connectivity index (χ3n) is 2.75. The number of nitrogens with zero attached hydrogens (tertiary/aromatic N) is 1. The molecule has 0 aliphatic rings. The Labute approximate surface area is 120 Å². The molecule has 0 radical (unpaired) electrons. The minimum absolute atomic E-state index is 0.0986. The Kier molecular flexibility index (Phi) is 4.49. The Morgan fingerprint density at radius 3 is 2.60 bits per heavy atom. The van der Waals surface area contributed by atoms with Gasteiger partial charge in [0.1, 0.15) is 11.6 Å². The van der Waals surface area contributed by atoms with Crippen LogP contribution < -0.4 is 0 Å². The number of carbonyl (C=O) groups excluding carboxylic acids is 1. The lowest BCUT2D eigenvalue weighted by Crippen LogP contribution is -2.15. The molecule has 0 spiro atoms. The zero-order chi connectivity index (χ0) is 14.7. The van der Waals surface area contributed by atoms with Crippen LogP contribution in [0.5, 0.6) is 0 Å². The number of carbonyl (C=O) groups is 1. The van der Waals surface area contributed by atoms with Gasteiger partial charge in [-0.15, -0.1) is 0 Å². The highest BCUT2D eigenvalue weighted by Crippen LogP contribution is 2.25. The molecule has 5 heteroatoms. The van der Waals surface area contributed by atoms with Gasteiger partial charge < -0.3 is 0 Å². The fourth-order valence-electron chi connectivity index (χ4n) is 1.67. The molecule has 104 valence electrons. The van der Waals surface area contributed by atoms with Crippen molar-refractivity contribution in [2.75, 3.05) is 0 Å². The Morgan fingerprint density at radius 2 is 2.00 bits per heavy atom. The smallest absolute Gasteiger partial charge is 0.178 e. The standard InChI is InChI=1S/C15H13F2NOS/c1-9-3-6-14(18-8-9)20-10(2)15(19)12-5-4-11(16)7-13(12)17/h3-8,10H,1-2H3. The van der Waals surface area contributed by atoms with Gasteiger partial charge in [-0.1, -0.05) is 17.8 Å². The summed E-state index contributed by atoms with van der Waals surface area (Å²) in [5.74, 6) is -1.91. The molecule has 0 saturated heterocycles. The van der Waals surface area contributed by atoms with E-state index in [1.165, 1.54) is 17.8 Å². The molecular weight excluding hydrogens is 280 g/mol. The minimum atomic E-state index is -0.834. The zero-order valence-corrected chi connectivity index (χ0v) is 11.9. The van der Waals surface area contributed by atoms with E-state index < -0.39 is 16.9 Å². The maximum atomic E-state index is 13.6. The summed E-state index contributed by atoms with van der Waals surface area (Å²) in [7, 11) is 0. The molecule has 2 aromatic rings. The van der Waals surface area contributed by atoms with Gasteiger partial charge in [-0.25, -0.2) is 13.8 Å². The summed E-state index contributed by atoms with van der Waals surface area (Å²) >= 11 is 1.25. The normalized spacial score (nSPS) is 12.2. The van der Waals surface area contributed by atoms with Crippen LogP contribution in [0.25, 0.3) is 0 Å². The van der Waals surface area contributed by atoms with E-state index in [0.717, 1.165) is 17.7 Å². The Bertz CT molecular complexity index is 628. The summed E-state index contributed by atoms with van der Waals surface area (Å²) in [6, 6.07) is 6.68. The van der Waals surface area contributed by atoms with Crippen LogP contribution in [0.15, 0.2) is 41.6 Å². The first-order valence-electron chi connectivity index (χ1n) is 6.06. The Balaban J connectivity index is 2.14. The average Bonchev–Trinajstić information content (AvgIpc) is 2.40. The average molecular weight is 293 g/mol. The molecule has 1 unspecified atom stereocenters. The van der Waals surface area contributed by atoms with E-state index in [0.29, 0.717) is 5.03 Å². The highest BCUT2D eigenvalue weighted by Gasteiger charge is 2.20. The van der Waals surface area contributed by atoms with E-state index >= 15 is 0 Å². The first-order chi connectivity index (χ1) is 9.47. The fourth-order valence-corrected chi connectivity index (χ4v) is 2.52. The van der Waals surface area contributed by atoms with E-state index in [1.807, 2.05) is 19.1 Å². The largest absolute Gasteiger partial charge is 0.293 e. The van der Waals surface area contributed by atoms with Crippen molar-refractivity contribution in [2.45, 2.75) is 24.1 Å². The third-order valence-corrected chi connectivity index (χ3v) is 3.80. The maximum Gasteiger partial charge on any atom is 0.178 e. The topological polar surface area (TPSA) is 30.0 Å². The molecule has 1 heterocycles. The van der Waals surface area contributed by atoms with E-state index in [9.17, 15) is 13.6 Å². The molecule has 0 N–H and O–H groups in total. The third kappa shape index (κ3) is 3.42. The fraction of sp³-hybridized carbons (Fsp3) is 0.200. The molecule has 1 aromatic carbocycles. The first-order valence-corrected chi connectivity index (χ1v) is 6.94. The predicted molar refractivity (Wildman–Crippen MR) is 75.0 cm³/mol. The second-order valence-electron chi connectivity index (χ2n) is 4.42. The van der Waals surface area contributed by atoms with Crippen LogP contribution in [0.1, 0.15) is 22.8 Å². The van der Waals surface area contributed by atoms with Gasteiger partial charge in [0.2, 0.25) is 0 Å². The molecule has 0 fully saturated rings. The summed E-state index contributed by atoms with van der Waals surface area (Å²) in [5, 5.41) is 0.198. The van der Waals surface area contributed by atoms with Crippen LogP contribution in [-0.4, -0.2) is 16.0 Å². The van der Waals surface area contributed by atoms with Gasteiger partial charge in [-0.3, -0.25) is 4.79 Å². The number of pyridine rings is 1. The number of halogens is 2. The van der Waals surface area contributed by atoms with Gasteiger partial charge in [-0.2, -0.15) is 0 Å². The van der Waals surface area contributed by atoms with Crippen LogP contribution in [0, 0.1) is 18.6 Å². The Hall–Kier alpha value is -1.75. The maximum absolute atomic E-state index is 13.6. The number of aromatic nitrogens is 1. The molecule has 0 saturated carbocycles. The number of aryl methyl sites for hydroxylation is 1. The molecule has 2 rings (SSSR count). The van der Waals surface area contributed by atoms with Crippen LogP contribution in [-0.2, 0) is 0 Å². The van der Waals surface area contributed by atoms with Crippen molar-refractivity contribution < 1.29 is 13.6 Å². The summed E-state index contributed by atoms with van der Waals surface area (Å²) in [6.07, 6.45) is 1.71. The van der Waals surface area contributed by atoms with E-state index in [1.54, 1.807) is 13.1 Å². The number of benzene rings is 1. The van der Waals surface area contributed by atoms with Crippen molar-refractivity contribution in [3.63, 3.8) is 0 Å². The van der Waals surface area contributed by atoms with Gasteiger partial charge >= 0.3 is 0 Å². The monoisotopic (exact) mass is 293 g/mol. The van der Waals surface area contributed by atoms with Crippen LogP contribution in [0.3, 0.4) is 0 Å². The molecule has 1 aromatic heterocycles. The van der Waals surface area contributed by atoms with Gasteiger partial charge in [0, 0.05) is 12.3 Å². The highest BCUT2D eigenvalue weighted by molar-refractivity contribution is 8.00. The van der Waals surface area contributed by atoms with E-state index in [4.69, 9.17) is 0 Å². The first kappa shape index (κ1) is 14.7. The van der Waals surface area contributed by atoms with Crippen LogP contribution >= 0.6 is 11.8 Å². The van der Waals surface area contributed by atoms with Gasteiger partial charge in [0.15, 0.2) is 5.78 Å². The van der Waals surface area contributed by atoms with Crippen molar-refractivity contribution in [3.8, 4) is 0 Å². The molecule has 2 nitrogen and oxygen atoms in total. The van der Waals surface area contributed by atoms with Crippen molar-refractivity contribution in [2.24, 2.45) is 0 Å². The quantitative estimate of drug-likeness (QED) is 0.629. The molecule has 0 bridgehead atoms. The molecule has 1 atom stereocenters. The minimum Gasteiger partial charge on any atom is -0.293 e. The zero-order valence-electron chi connectivity index (χ0n) is 11.1. The van der Waals surface area contributed by atoms with Crippen molar-refractivity contribution in [3.05, 3.63) is 59.3 Å². The van der Waals surface area contributed by atoms with E-state index in [-0.39, 0.29) is 11.3 Å². The summed E-state index contributed by atoms with van der Waals surface area (Å²) in [6.45, 7) is 3.60. The highest BCUT2D eigenvalue weighted by atomic mass is 32.2. The Morgan fingerprint density at radius 1 is 1.25 bits per heavy atom. The van der Waals surface area contributed by atoms with Crippen molar-refractivity contribution in [1.29, 1.82) is 0 Å². The van der Waals surface area contributed by atoms with Crippen LogP contribution in [0.4, 0.5) is 8.78 Å². The summed E-state index contributed by atoms with van der Waals surface area (Å²) in [4.78, 5) is 16.3. The van der Waals surface area contributed by atoms with E-state index in [2.05, 4.69) is 4.98 Å². The lowest BCUT2D eigenvalue weighted by molar-refractivity contribution is 0.0990. The lowest BCUT2D eigenvalue weighted by atomic mass is 10.1. The number of hydrogen-bond donors (Lipinski definition) is 0. The summed E-state index contributed by atoms with van der Waals surface area (Å²) in [5.41, 5.74) is 0.927. The van der Waals surface area contributed by atoms with Crippen molar-refractivity contribution >= 4 is 17.5 Å². The molecule has 0 aliphatic heterocycles. The van der Waals surface area contributed by atoms with Crippen molar-refractivity contribution in [1.82, 2.24) is 4.98 Å².